The van der Waals surface area contributed by atoms with Crippen LogP contribution < -0.4 is 16.0 Å². The Hall–Kier alpha value is -0.810. The van der Waals surface area contributed by atoms with E-state index in [0.717, 1.165) is 13.1 Å². The number of rotatable bonds is 6. The van der Waals surface area contributed by atoms with Gasteiger partial charge >= 0.3 is 6.09 Å². The van der Waals surface area contributed by atoms with Crippen molar-refractivity contribution in [3.8, 4) is 0 Å². The van der Waals surface area contributed by atoms with Gasteiger partial charge in [-0.15, -0.1) is 0 Å². The van der Waals surface area contributed by atoms with Crippen molar-refractivity contribution in [2.24, 2.45) is 5.92 Å². The van der Waals surface area contributed by atoms with Crippen molar-refractivity contribution in [3.63, 3.8) is 0 Å². The van der Waals surface area contributed by atoms with Crippen molar-refractivity contribution in [2.45, 2.75) is 70.6 Å². The predicted octanol–water partition coefficient (Wildman–Crippen LogP) is 2.02. The summed E-state index contributed by atoms with van der Waals surface area (Å²) in [7, 11) is 0. The Morgan fingerprint density at radius 3 is 2.62 bits per heavy atom. The molecule has 1 saturated heterocycles. The van der Waals surface area contributed by atoms with E-state index >= 15 is 0 Å². The third-order valence-electron chi connectivity index (χ3n) is 4.10. The fraction of sp³-hybridized carbons (Fsp3) is 0.938. The molecular weight excluding hydrogens is 266 g/mol. The second-order valence-corrected chi connectivity index (χ2v) is 7.38. The van der Waals surface area contributed by atoms with E-state index in [0.29, 0.717) is 24.5 Å². The second kappa shape index (κ2) is 7.45. The minimum absolute atomic E-state index is 0.314. The molecule has 0 aromatic carbocycles. The lowest BCUT2D eigenvalue weighted by Gasteiger charge is -2.27. The molecule has 0 aromatic heterocycles. The van der Waals surface area contributed by atoms with E-state index in [4.69, 9.17) is 4.74 Å². The summed E-state index contributed by atoms with van der Waals surface area (Å²) in [5.41, 5.74) is -0.432. The van der Waals surface area contributed by atoms with E-state index in [1.54, 1.807) is 0 Å². The van der Waals surface area contributed by atoms with E-state index in [-0.39, 0.29) is 6.09 Å². The van der Waals surface area contributed by atoms with Crippen LogP contribution in [0.4, 0.5) is 4.79 Å². The number of amides is 1. The predicted molar refractivity (Wildman–Crippen MR) is 84.4 cm³/mol. The van der Waals surface area contributed by atoms with Crippen molar-refractivity contribution >= 4 is 6.09 Å². The van der Waals surface area contributed by atoms with Gasteiger partial charge in [-0.05, 0) is 58.9 Å². The molecule has 5 nitrogen and oxygen atoms in total. The van der Waals surface area contributed by atoms with Crippen LogP contribution in [0.3, 0.4) is 0 Å². The number of hydrogen-bond acceptors (Lipinski definition) is 4. The van der Waals surface area contributed by atoms with E-state index < -0.39 is 5.60 Å². The van der Waals surface area contributed by atoms with Crippen LogP contribution in [0, 0.1) is 5.92 Å². The van der Waals surface area contributed by atoms with Crippen molar-refractivity contribution in [3.05, 3.63) is 0 Å². The molecular formula is C16H31N3O2. The maximum atomic E-state index is 11.7. The van der Waals surface area contributed by atoms with Gasteiger partial charge in [-0.1, -0.05) is 6.42 Å². The van der Waals surface area contributed by atoms with Gasteiger partial charge in [-0.2, -0.15) is 0 Å². The van der Waals surface area contributed by atoms with Gasteiger partial charge in [0.25, 0.3) is 0 Å². The van der Waals surface area contributed by atoms with E-state index in [1.807, 2.05) is 20.8 Å². The number of hydrogen-bond donors (Lipinski definition) is 3. The van der Waals surface area contributed by atoms with Gasteiger partial charge < -0.3 is 20.7 Å². The number of carbonyl (C=O) groups excluding carboxylic acids is 1. The third kappa shape index (κ3) is 6.66. The van der Waals surface area contributed by atoms with Crippen molar-refractivity contribution < 1.29 is 9.53 Å². The van der Waals surface area contributed by atoms with Crippen LogP contribution in [0.5, 0.6) is 0 Å². The number of piperidine rings is 1. The molecule has 1 saturated carbocycles. The minimum atomic E-state index is -0.432. The molecule has 1 aliphatic carbocycles. The SMILES string of the molecule is CC(C)(C)OC(=O)NCC(NCC1CCCCN1)C1CC1. The summed E-state index contributed by atoms with van der Waals surface area (Å²) >= 11 is 0. The van der Waals surface area contributed by atoms with Gasteiger partial charge in [0.2, 0.25) is 0 Å². The Labute approximate surface area is 128 Å². The maximum Gasteiger partial charge on any atom is 0.407 e. The largest absolute Gasteiger partial charge is 0.444 e. The lowest BCUT2D eigenvalue weighted by atomic mass is 10.0. The van der Waals surface area contributed by atoms with Gasteiger partial charge in [0.05, 0.1) is 0 Å². The number of ether oxygens (including phenoxy) is 1. The monoisotopic (exact) mass is 297 g/mol. The molecule has 2 rings (SSSR count). The van der Waals surface area contributed by atoms with Crippen LogP contribution in [0.2, 0.25) is 0 Å². The number of nitrogens with one attached hydrogen (secondary N) is 3. The van der Waals surface area contributed by atoms with Crippen LogP contribution in [0.25, 0.3) is 0 Å². The summed E-state index contributed by atoms with van der Waals surface area (Å²) in [4.78, 5) is 11.7. The summed E-state index contributed by atoms with van der Waals surface area (Å²) in [5.74, 6) is 0.712. The number of carbonyl (C=O) groups is 1. The molecule has 0 bridgehead atoms. The van der Waals surface area contributed by atoms with Gasteiger partial charge in [0.1, 0.15) is 5.60 Å². The first-order valence-electron chi connectivity index (χ1n) is 8.37. The van der Waals surface area contributed by atoms with E-state index in [1.165, 1.54) is 32.1 Å². The maximum absolute atomic E-state index is 11.7. The molecule has 5 heteroatoms. The van der Waals surface area contributed by atoms with Crippen molar-refractivity contribution in [1.82, 2.24) is 16.0 Å². The summed E-state index contributed by atoms with van der Waals surface area (Å²) in [5, 5.41) is 10.1. The molecule has 1 aliphatic heterocycles. The normalized spacial score (nSPS) is 24.4. The Morgan fingerprint density at radius 2 is 2.05 bits per heavy atom. The summed E-state index contributed by atoms with van der Waals surface area (Å²) < 4.78 is 5.29. The zero-order chi connectivity index (χ0) is 15.3. The van der Waals surface area contributed by atoms with Crippen LogP contribution in [0.15, 0.2) is 0 Å². The Morgan fingerprint density at radius 1 is 1.29 bits per heavy atom. The van der Waals surface area contributed by atoms with Crippen LogP contribution in [0.1, 0.15) is 52.9 Å². The highest BCUT2D eigenvalue weighted by atomic mass is 16.6. The molecule has 2 fully saturated rings. The Kier molecular flexibility index (Phi) is 5.88. The fourth-order valence-corrected chi connectivity index (χ4v) is 2.80. The molecule has 21 heavy (non-hydrogen) atoms. The topological polar surface area (TPSA) is 62.4 Å². The van der Waals surface area contributed by atoms with Gasteiger partial charge in [0.15, 0.2) is 0 Å². The smallest absolute Gasteiger partial charge is 0.407 e. The highest BCUT2D eigenvalue weighted by Crippen LogP contribution is 2.32. The molecule has 2 aliphatic rings. The van der Waals surface area contributed by atoms with Crippen LogP contribution in [-0.4, -0.2) is 43.4 Å². The molecule has 3 N–H and O–H groups in total. The van der Waals surface area contributed by atoms with E-state index in [2.05, 4.69) is 16.0 Å². The molecule has 0 aromatic rings. The zero-order valence-corrected chi connectivity index (χ0v) is 13.7. The molecule has 122 valence electrons. The Bertz CT molecular complexity index is 331. The zero-order valence-electron chi connectivity index (χ0n) is 13.7. The van der Waals surface area contributed by atoms with Gasteiger partial charge in [0, 0.05) is 25.2 Å². The van der Waals surface area contributed by atoms with Gasteiger partial charge in [-0.3, -0.25) is 0 Å². The van der Waals surface area contributed by atoms with Crippen LogP contribution in [-0.2, 0) is 4.74 Å². The molecule has 1 amide bonds. The first-order valence-corrected chi connectivity index (χ1v) is 8.37. The van der Waals surface area contributed by atoms with Crippen LogP contribution >= 0.6 is 0 Å². The first kappa shape index (κ1) is 16.6. The highest BCUT2D eigenvalue weighted by molar-refractivity contribution is 5.67. The van der Waals surface area contributed by atoms with E-state index in [9.17, 15) is 4.79 Å². The second-order valence-electron chi connectivity index (χ2n) is 7.38. The standard InChI is InChI=1S/C16H31N3O2/c1-16(2,3)21-15(20)19-11-14(12-7-8-12)18-10-13-6-4-5-9-17-13/h12-14,17-18H,4-11H2,1-3H3,(H,19,20). The molecule has 0 radical (unpaired) electrons. The number of alkyl carbamates (subject to hydrolysis) is 1. The first-order chi connectivity index (χ1) is 9.94. The van der Waals surface area contributed by atoms with Crippen molar-refractivity contribution in [2.75, 3.05) is 19.6 Å². The van der Waals surface area contributed by atoms with Crippen molar-refractivity contribution in [1.29, 1.82) is 0 Å². The summed E-state index contributed by atoms with van der Waals surface area (Å²) in [6, 6.07) is 0.961. The quantitative estimate of drug-likeness (QED) is 0.702. The van der Waals surface area contributed by atoms with Gasteiger partial charge in [-0.25, -0.2) is 4.79 Å². The third-order valence-corrected chi connectivity index (χ3v) is 4.10. The molecule has 1 heterocycles. The fourth-order valence-electron chi connectivity index (χ4n) is 2.80. The average Bonchev–Trinajstić information content (AvgIpc) is 3.22. The lowest BCUT2D eigenvalue weighted by molar-refractivity contribution is 0.0521. The molecule has 2 atom stereocenters. The Balaban J connectivity index is 1.68. The highest BCUT2D eigenvalue weighted by Gasteiger charge is 2.32. The minimum Gasteiger partial charge on any atom is -0.444 e. The average molecular weight is 297 g/mol. The lowest BCUT2D eigenvalue weighted by Crippen LogP contribution is -2.49. The molecule has 0 spiro atoms. The summed E-state index contributed by atoms with van der Waals surface area (Å²) in [6.07, 6.45) is 6.10. The molecule has 2 unspecified atom stereocenters. The summed E-state index contributed by atoms with van der Waals surface area (Å²) in [6.45, 7) is 8.45.